The molecule has 7 heteroatoms. The smallest absolute Gasteiger partial charge is 0.319 e. The van der Waals surface area contributed by atoms with Gasteiger partial charge >= 0.3 is 6.03 Å². The summed E-state index contributed by atoms with van der Waals surface area (Å²) in [5.74, 6) is 1.87. The molecule has 0 saturated carbocycles. The second kappa shape index (κ2) is 6.52. The fourth-order valence-corrected chi connectivity index (χ4v) is 2.93. The first-order valence-electron chi connectivity index (χ1n) is 8.18. The first-order chi connectivity index (χ1) is 11.8. The molecule has 1 atom stereocenters. The van der Waals surface area contributed by atoms with Gasteiger partial charge in [-0.1, -0.05) is 0 Å². The SMILES string of the molecule is O=C(Nc1ccc(OC2COC2)cc1)NC1CCc2nccn2C1. The van der Waals surface area contributed by atoms with Crippen LogP contribution in [0.25, 0.3) is 0 Å². The van der Waals surface area contributed by atoms with E-state index in [9.17, 15) is 4.79 Å². The maximum Gasteiger partial charge on any atom is 0.319 e. The van der Waals surface area contributed by atoms with Gasteiger partial charge in [0.15, 0.2) is 0 Å². The number of urea groups is 1. The van der Waals surface area contributed by atoms with Crippen LogP contribution in [-0.2, 0) is 17.7 Å². The van der Waals surface area contributed by atoms with Crippen molar-refractivity contribution in [3.8, 4) is 5.75 Å². The van der Waals surface area contributed by atoms with Crippen molar-refractivity contribution in [3.05, 3.63) is 42.5 Å². The average Bonchev–Trinajstić information content (AvgIpc) is 3.00. The normalized spacial score (nSPS) is 19.9. The summed E-state index contributed by atoms with van der Waals surface area (Å²) in [6, 6.07) is 7.31. The second-order valence-electron chi connectivity index (χ2n) is 6.13. The number of rotatable bonds is 4. The highest BCUT2D eigenvalue weighted by Gasteiger charge is 2.21. The molecular formula is C17H20N4O3. The Bertz CT molecular complexity index is 709. The van der Waals surface area contributed by atoms with E-state index in [2.05, 4.69) is 20.2 Å². The van der Waals surface area contributed by atoms with E-state index in [1.54, 1.807) is 6.20 Å². The molecule has 24 heavy (non-hydrogen) atoms. The van der Waals surface area contributed by atoms with E-state index < -0.39 is 0 Å². The van der Waals surface area contributed by atoms with Crippen molar-refractivity contribution >= 4 is 11.7 Å². The van der Waals surface area contributed by atoms with Crippen molar-refractivity contribution in [1.29, 1.82) is 0 Å². The van der Waals surface area contributed by atoms with Crippen LogP contribution in [0.5, 0.6) is 5.75 Å². The lowest BCUT2D eigenvalue weighted by molar-refractivity contribution is -0.0796. The number of benzene rings is 1. The fraction of sp³-hybridized carbons (Fsp3) is 0.412. The van der Waals surface area contributed by atoms with Crippen LogP contribution < -0.4 is 15.4 Å². The van der Waals surface area contributed by atoms with Gasteiger partial charge in [-0.25, -0.2) is 9.78 Å². The van der Waals surface area contributed by atoms with E-state index in [1.165, 1.54) is 0 Å². The van der Waals surface area contributed by atoms with Crippen molar-refractivity contribution in [2.24, 2.45) is 0 Å². The molecule has 3 heterocycles. The van der Waals surface area contributed by atoms with E-state index in [1.807, 2.05) is 30.5 Å². The van der Waals surface area contributed by atoms with Crippen molar-refractivity contribution in [2.45, 2.75) is 31.5 Å². The van der Waals surface area contributed by atoms with Crippen LogP contribution in [0.3, 0.4) is 0 Å². The van der Waals surface area contributed by atoms with Crippen LogP contribution in [0, 0.1) is 0 Å². The number of anilines is 1. The highest BCUT2D eigenvalue weighted by molar-refractivity contribution is 5.89. The minimum absolute atomic E-state index is 0.118. The molecule has 7 nitrogen and oxygen atoms in total. The highest BCUT2D eigenvalue weighted by Crippen LogP contribution is 2.19. The summed E-state index contributed by atoms with van der Waals surface area (Å²) in [5.41, 5.74) is 0.740. The molecule has 2 aromatic rings. The largest absolute Gasteiger partial charge is 0.486 e. The summed E-state index contributed by atoms with van der Waals surface area (Å²) in [7, 11) is 0. The molecular weight excluding hydrogens is 308 g/mol. The Morgan fingerprint density at radius 1 is 1.29 bits per heavy atom. The maximum absolute atomic E-state index is 12.2. The van der Waals surface area contributed by atoms with Crippen LogP contribution in [0.15, 0.2) is 36.7 Å². The summed E-state index contributed by atoms with van der Waals surface area (Å²) in [6.45, 7) is 2.05. The molecule has 0 aliphatic carbocycles. The molecule has 0 bridgehead atoms. The monoisotopic (exact) mass is 328 g/mol. The van der Waals surface area contributed by atoms with Crippen LogP contribution in [-0.4, -0.2) is 40.9 Å². The number of fused-ring (bicyclic) bond motifs is 1. The third-order valence-corrected chi connectivity index (χ3v) is 4.29. The number of aryl methyl sites for hydroxylation is 1. The van der Waals surface area contributed by atoms with E-state index in [0.29, 0.717) is 13.2 Å². The van der Waals surface area contributed by atoms with Crippen LogP contribution >= 0.6 is 0 Å². The van der Waals surface area contributed by atoms with Crippen molar-refractivity contribution in [1.82, 2.24) is 14.9 Å². The summed E-state index contributed by atoms with van der Waals surface area (Å²) in [4.78, 5) is 16.4. The van der Waals surface area contributed by atoms with Gasteiger partial charge in [0.25, 0.3) is 0 Å². The minimum Gasteiger partial charge on any atom is -0.486 e. The maximum atomic E-state index is 12.2. The van der Waals surface area contributed by atoms with Crippen LogP contribution in [0.4, 0.5) is 10.5 Å². The zero-order chi connectivity index (χ0) is 16.4. The lowest BCUT2D eigenvalue weighted by atomic mass is 10.1. The summed E-state index contributed by atoms with van der Waals surface area (Å²) in [5, 5.41) is 5.88. The van der Waals surface area contributed by atoms with Gasteiger partial charge in [-0.05, 0) is 30.7 Å². The van der Waals surface area contributed by atoms with Gasteiger partial charge in [0.05, 0.1) is 13.2 Å². The van der Waals surface area contributed by atoms with Gasteiger partial charge < -0.3 is 24.7 Å². The predicted octanol–water partition coefficient (Wildman–Crippen LogP) is 1.80. The highest BCUT2D eigenvalue weighted by atomic mass is 16.6. The van der Waals surface area contributed by atoms with Gasteiger partial charge in [-0.3, -0.25) is 0 Å². The number of hydrogen-bond donors (Lipinski definition) is 2. The van der Waals surface area contributed by atoms with Gasteiger partial charge in [0, 0.05) is 37.1 Å². The van der Waals surface area contributed by atoms with Gasteiger partial charge in [-0.2, -0.15) is 0 Å². The standard InChI is InChI=1S/C17H20N4O3/c22-17(20-13-3-6-16-18-7-8-21(16)9-13)19-12-1-4-14(5-2-12)24-15-10-23-11-15/h1-2,4-5,7-8,13,15H,3,6,9-11H2,(H2,19,20,22). The summed E-state index contributed by atoms with van der Waals surface area (Å²) < 4.78 is 12.9. The number of aromatic nitrogens is 2. The Kier molecular flexibility index (Phi) is 4.08. The zero-order valence-corrected chi connectivity index (χ0v) is 13.3. The molecule has 2 N–H and O–H groups in total. The van der Waals surface area contributed by atoms with E-state index in [0.717, 1.165) is 36.6 Å². The van der Waals surface area contributed by atoms with Crippen LogP contribution in [0.2, 0.25) is 0 Å². The molecule has 1 unspecified atom stereocenters. The molecule has 1 fully saturated rings. The lowest BCUT2D eigenvalue weighted by Crippen LogP contribution is -2.42. The minimum atomic E-state index is -0.190. The van der Waals surface area contributed by atoms with Gasteiger partial charge in [0.2, 0.25) is 0 Å². The van der Waals surface area contributed by atoms with E-state index in [-0.39, 0.29) is 18.2 Å². The number of amides is 2. The molecule has 1 saturated heterocycles. The van der Waals surface area contributed by atoms with Crippen molar-refractivity contribution in [2.75, 3.05) is 18.5 Å². The molecule has 4 rings (SSSR count). The quantitative estimate of drug-likeness (QED) is 0.897. The van der Waals surface area contributed by atoms with Gasteiger partial charge in [0.1, 0.15) is 17.7 Å². The second-order valence-corrected chi connectivity index (χ2v) is 6.13. The molecule has 2 amide bonds. The van der Waals surface area contributed by atoms with E-state index in [4.69, 9.17) is 9.47 Å². The third-order valence-electron chi connectivity index (χ3n) is 4.29. The van der Waals surface area contributed by atoms with E-state index >= 15 is 0 Å². The number of carbonyl (C=O) groups is 1. The van der Waals surface area contributed by atoms with Crippen LogP contribution in [0.1, 0.15) is 12.2 Å². The zero-order valence-electron chi connectivity index (χ0n) is 13.3. The van der Waals surface area contributed by atoms with Crippen molar-refractivity contribution < 1.29 is 14.3 Å². The molecule has 2 aliphatic rings. The molecule has 1 aromatic heterocycles. The Morgan fingerprint density at radius 2 is 2.12 bits per heavy atom. The Morgan fingerprint density at radius 3 is 2.88 bits per heavy atom. The molecule has 126 valence electrons. The Balaban J connectivity index is 1.28. The number of nitrogens with zero attached hydrogens (tertiary/aromatic N) is 2. The number of nitrogens with one attached hydrogen (secondary N) is 2. The van der Waals surface area contributed by atoms with Gasteiger partial charge in [-0.15, -0.1) is 0 Å². The first-order valence-corrected chi connectivity index (χ1v) is 8.18. The molecule has 2 aliphatic heterocycles. The Labute approximate surface area is 140 Å². The predicted molar refractivity (Wildman–Crippen MR) is 88.2 cm³/mol. The third kappa shape index (κ3) is 3.35. The molecule has 1 aromatic carbocycles. The number of hydrogen-bond acceptors (Lipinski definition) is 4. The first kappa shape index (κ1) is 15.0. The lowest BCUT2D eigenvalue weighted by Gasteiger charge is -2.26. The fourth-order valence-electron chi connectivity index (χ4n) is 2.93. The Hall–Kier alpha value is -2.54. The molecule has 0 spiro atoms. The topological polar surface area (TPSA) is 77.4 Å². The summed E-state index contributed by atoms with van der Waals surface area (Å²) >= 11 is 0. The molecule has 0 radical (unpaired) electrons. The number of ether oxygens (including phenoxy) is 2. The number of imidazole rings is 1. The number of carbonyl (C=O) groups excluding carboxylic acids is 1. The average molecular weight is 328 g/mol. The summed E-state index contributed by atoms with van der Waals surface area (Å²) in [6.07, 6.45) is 5.69. The van der Waals surface area contributed by atoms with Crippen molar-refractivity contribution in [3.63, 3.8) is 0 Å².